The maximum atomic E-state index is 11.6. The molecule has 0 fully saturated rings. The zero-order valence-electron chi connectivity index (χ0n) is 13.2. The zero-order valence-corrected chi connectivity index (χ0v) is 13.2. The van der Waals surface area contributed by atoms with E-state index < -0.39 is 0 Å². The van der Waals surface area contributed by atoms with E-state index in [-0.39, 0.29) is 12.0 Å². The van der Waals surface area contributed by atoms with Crippen molar-refractivity contribution in [2.45, 2.75) is 32.5 Å². The number of ether oxygens (including phenoxy) is 1. The average Bonchev–Trinajstić information content (AvgIpc) is 2.56. The minimum absolute atomic E-state index is 0.118. The normalized spacial score (nSPS) is 12.1. The Morgan fingerprint density at radius 2 is 1.41 bits per heavy atom. The maximum Gasteiger partial charge on any atom is 0.307 e. The van der Waals surface area contributed by atoms with Gasteiger partial charge in [0.05, 0.1) is 13.5 Å². The summed E-state index contributed by atoms with van der Waals surface area (Å²) in [6.07, 6.45) is 0.399. The number of nitrogens with zero attached hydrogens (tertiary/aromatic N) is 1. The lowest BCUT2D eigenvalue weighted by Crippen LogP contribution is -2.34. The smallest absolute Gasteiger partial charge is 0.307 e. The molecule has 0 saturated carbocycles. The molecule has 0 aromatic heterocycles. The molecule has 22 heavy (non-hydrogen) atoms. The van der Waals surface area contributed by atoms with Gasteiger partial charge in [-0.05, 0) is 18.1 Å². The molecule has 116 valence electrons. The van der Waals surface area contributed by atoms with Crippen LogP contribution in [0.3, 0.4) is 0 Å². The second-order valence-corrected chi connectivity index (χ2v) is 5.51. The van der Waals surface area contributed by atoms with Crippen LogP contribution in [0.4, 0.5) is 0 Å². The molecule has 2 rings (SSSR count). The summed E-state index contributed by atoms with van der Waals surface area (Å²) in [6, 6.07) is 20.8. The van der Waals surface area contributed by atoms with Crippen LogP contribution in [0.1, 0.15) is 24.5 Å². The number of esters is 1. The van der Waals surface area contributed by atoms with E-state index in [4.69, 9.17) is 4.74 Å². The third kappa shape index (κ3) is 5.01. The van der Waals surface area contributed by atoms with Gasteiger partial charge in [0.15, 0.2) is 0 Å². The summed E-state index contributed by atoms with van der Waals surface area (Å²) >= 11 is 0. The number of carbonyl (C=O) groups is 1. The van der Waals surface area contributed by atoms with E-state index in [9.17, 15) is 4.79 Å². The fraction of sp³-hybridized carbons (Fsp3) is 0.316. The van der Waals surface area contributed by atoms with Crippen LogP contribution in [0.25, 0.3) is 0 Å². The summed E-state index contributed by atoms with van der Waals surface area (Å²) in [5, 5.41) is 0. The zero-order chi connectivity index (χ0) is 15.8. The Morgan fingerprint density at radius 1 is 0.955 bits per heavy atom. The van der Waals surface area contributed by atoms with Crippen LogP contribution in [0.2, 0.25) is 0 Å². The number of rotatable bonds is 7. The molecule has 0 N–H and O–H groups in total. The molecule has 0 saturated heterocycles. The van der Waals surface area contributed by atoms with Crippen molar-refractivity contribution >= 4 is 5.97 Å². The van der Waals surface area contributed by atoms with Crippen molar-refractivity contribution in [2.24, 2.45) is 0 Å². The minimum atomic E-state index is -0.168. The van der Waals surface area contributed by atoms with Gasteiger partial charge in [-0.15, -0.1) is 0 Å². The van der Waals surface area contributed by atoms with Gasteiger partial charge < -0.3 is 4.74 Å². The van der Waals surface area contributed by atoms with Crippen LogP contribution in [-0.4, -0.2) is 24.0 Å². The second kappa shape index (κ2) is 8.35. The SMILES string of the molecule is COC(=O)C[C@@H](C)N(Cc1ccccc1)Cc1ccccc1. The van der Waals surface area contributed by atoms with Crippen LogP contribution >= 0.6 is 0 Å². The molecule has 3 heteroatoms. The fourth-order valence-electron chi connectivity index (χ4n) is 2.46. The maximum absolute atomic E-state index is 11.6. The first-order valence-corrected chi connectivity index (χ1v) is 7.57. The summed E-state index contributed by atoms with van der Waals surface area (Å²) in [5.41, 5.74) is 2.49. The van der Waals surface area contributed by atoms with Crippen molar-refractivity contribution < 1.29 is 9.53 Å². The molecule has 0 radical (unpaired) electrons. The van der Waals surface area contributed by atoms with Crippen LogP contribution in [0, 0.1) is 0 Å². The molecule has 0 aliphatic carbocycles. The molecule has 0 unspecified atom stereocenters. The molecular formula is C19H23NO2. The molecule has 1 atom stereocenters. The van der Waals surface area contributed by atoms with E-state index in [1.165, 1.54) is 18.2 Å². The van der Waals surface area contributed by atoms with Gasteiger partial charge in [0, 0.05) is 19.1 Å². The first-order chi connectivity index (χ1) is 10.7. The highest BCUT2D eigenvalue weighted by atomic mass is 16.5. The Labute approximate surface area is 132 Å². The van der Waals surface area contributed by atoms with Gasteiger partial charge in [-0.3, -0.25) is 9.69 Å². The van der Waals surface area contributed by atoms with E-state index in [0.717, 1.165) is 13.1 Å². The van der Waals surface area contributed by atoms with Crippen LogP contribution in [0.5, 0.6) is 0 Å². The quantitative estimate of drug-likeness (QED) is 0.731. The number of benzene rings is 2. The molecule has 2 aromatic carbocycles. The van der Waals surface area contributed by atoms with Crippen molar-refractivity contribution in [1.82, 2.24) is 4.90 Å². The molecule has 0 heterocycles. The molecule has 0 bridgehead atoms. The lowest BCUT2D eigenvalue weighted by atomic mass is 10.1. The number of hydrogen-bond donors (Lipinski definition) is 0. The largest absolute Gasteiger partial charge is 0.469 e. The van der Waals surface area contributed by atoms with E-state index in [1.54, 1.807) is 0 Å². The number of hydrogen-bond acceptors (Lipinski definition) is 3. The predicted octanol–water partition coefficient (Wildman–Crippen LogP) is 3.64. The lowest BCUT2D eigenvalue weighted by Gasteiger charge is -2.28. The van der Waals surface area contributed by atoms with Gasteiger partial charge in [-0.25, -0.2) is 0 Å². The van der Waals surface area contributed by atoms with E-state index in [2.05, 4.69) is 36.1 Å². The van der Waals surface area contributed by atoms with Gasteiger partial charge in [0.1, 0.15) is 0 Å². The molecule has 0 aliphatic heterocycles. The van der Waals surface area contributed by atoms with Crippen LogP contribution < -0.4 is 0 Å². The second-order valence-electron chi connectivity index (χ2n) is 5.51. The van der Waals surface area contributed by atoms with E-state index >= 15 is 0 Å². The highest BCUT2D eigenvalue weighted by Crippen LogP contribution is 2.15. The van der Waals surface area contributed by atoms with E-state index in [1.807, 2.05) is 36.4 Å². The number of carbonyl (C=O) groups excluding carboxylic acids is 1. The Kier molecular flexibility index (Phi) is 6.16. The molecular weight excluding hydrogens is 274 g/mol. The Bertz CT molecular complexity index is 527. The topological polar surface area (TPSA) is 29.5 Å². The van der Waals surface area contributed by atoms with Gasteiger partial charge in [0.2, 0.25) is 0 Å². The van der Waals surface area contributed by atoms with Crippen molar-refractivity contribution in [3.05, 3.63) is 71.8 Å². The summed E-state index contributed by atoms with van der Waals surface area (Å²) in [4.78, 5) is 13.9. The van der Waals surface area contributed by atoms with Crippen molar-refractivity contribution in [3.63, 3.8) is 0 Å². The summed E-state index contributed by atoms with van der Waals surface area (Å²) < 4.78 is 4.81. The molecule has 0 amide bonds. The first kappa shape index (κ1) is 16.2. The van der Waals surface area contributed by atoms with Crippen LogP contribution in [0.15, 0.2) is 60.7 Å². The Morgan fingerprint density at radius 3 is 1.82 bits per heavy atom. The van der Waals surface area contributed by atoms with Crippen molar-refractivity contribution in [2.75, 3.05) is 7.11 Å². The molecule has 0 spiro atoms. The average molecular weight is 297 g/mol. The molecule has 0 aliphatic rings. The highest BCUT2D eigenvalue weighted by Gasteiger charge is 2.18. The minimum Gasteiger partial charge on any atom is -0.469 e. The summed E-state index contributed by atoms with van der Waals surface area (Å²) in [6.45, 7) is 3.70. The first-order valence-electron chi connectivity index (χ1n) is 7.57. The van der Waals surface area contributed by atoms with Crippen LogP contribution in [-0.2, 0) is 22.6 Å². The van der Waals surface area contributed by atoms with Crippen molar-refractivity contribution in [1.29, 1.82) is 0 Å². The summed E-state index contributed by atoms with van der Waals surface area (Å²) in [5.74, 6) is -0.168. The highest BCUT2D eigenvalue weighted by molar-refractivity contribution is 5.69. The Balaban J connectivity index is 2.10. The van der Waals surface area contributed by atoms with Gasteiger partial charge in [-0.2, -0.15) is 0 Å². The lowest BCUT2D eigenvalue weighted by molar-refractivity contribution is -0.142. The van der Waals surface area contributed by atoms with Gasteiger partial charge in [0.25, 0.3) is 0 Å². The Hall–Kier alpha value is -2.13. The molecule has 2 aromatic rings. The number of methoxy groups -OCH3 is 1. The van der Waals surface area contributed by atoms with E-state index in [0.29, 0.717) is 6.42 Å². The third-order valence-corrected chi connectivity index (χ3v) is 3.77. The van der Waals surface area contributed by atoms with Gasteiger partial charge in [-0.1, -0.05) is 60.7 Å². The fourth-order valence-corrected chi connectivity index (χ4v) is 2.46. The predicted molar refractivity (Wildman–Crippen MR) is 88.2 cm³/mol. The summed E-state index contributed by atoms with van der Waals surface area (Å²) in [7, 11) is 1.44. The third-order valence-electron chi connectivity index (χ3n) is 3.77. The van der Waals surface area contributed by atoms with Crippen molar-refractivity contribution in [3.8, 4) is 0 Å². The molecule has 3 nitrogen and oxygen atoms in total. The van der Waals surface area contributed by atoms with Gasteiger partial charge >= 0.3 is 5.97 Å². The standard InChI is InChI=1S/C19H23NO2/c1-16(13-19(21)22-2)20(14-17-9-5-3-6-10-17)15-18-11-7-4-8-12-18/h3-12,16H,13-15H2,1-2H3/t16-/m1/s1. The monoisotopic (exact) mass is 297 g/mol.